The first-order chi connectivity index (χ1) is 9.80. The molecule has 0 amide bonds. The Morgan fingerprint density at radius 2 is 2.05 bits per heavy atom. The fourth-order valence-corrected chi connectivity index (χ4v) is 3.92. The zero-order chi connectivity index (χ0) is 14.4. The molecule has 1 nitrogen and oxygen atoms in total. The molecule has 0 spiro atoms. The summed E-state index contributed by atoms with van der Waals surface area (Å²) in [5.41, 5.74) is 3.13. The predicted molar refractivity (Wildman–Crippen MR) is 90.6 cm³/mol. The summed E-state index contributed by atoms with van der Waals surface area (Å²) in [6.07, 6.45) is 7.62. The topological polar surface area (TPSA) is 3.24 Å². The lowest BCUT2D eigenvalue weighted by molar-refractivity contribution is 0.219. The highest BCUT2D eigenvalue weighted by atomic mass is 32.2. The van der Waals surface area contributed by atoms with Gasteiger partial charge in [-0.25, -0.2) is 0 Å². The summed E-state index contributed by atoms with van der Waals surface area (Å²) in [5, 5.41) is 0. The van der Waals surface area contributed by atoms with E-state index in [1.54, 1.807) is 11.1 Å². The molecule has 1 aromatic rings. The van der Waals surface area contributed by atoms with E-state index in [1.165, 1.54) is 24.2 Å². The van der Waals surface area contributed by atoms with E-state index in [4.69, 9.17) is 0 Å². The van der Waals surface area contributed by atoms with Gasteiger partial charge in [0.15, 0.2) is 0 Å². The molecule has 1 aliphatic rings. The smallest absolute Gasteiger partial charge is 0.0166 e. The Labute approximate surface area is 127 Å². The van der Waals surface area contributed by atoms with Gasteiger partial charge in [-0.1, -0.05) is 31.2 Å². The highest BCUT2D eigenvalue weighted by molar-refractivity contribution is 7.99. The van der Waals surface area contributed by atoms with Crippen LogP contribution in [0.15, 0.2) is 48.4 Å². The molecule has 0 aliphatic heterocycles. The first-order valence-corrected chi connectivity index (χ1v) is 8.48. The van der Waals surface area contributed by atoms with Crippen molar-refractivity contribution in [2.45, 2.75) is 37.1 Å². The number of hydrogen-bond donors (Lipinski definition) is 0. The average Bonchev–Trinajstić information content (AvgIpc) is 2.47. The second-order valence-corrected chi connectivity index (χ2v) is 6.56. The van der Waals surface area contributed by atoms with Gasteiger partial charge < -0.3 is 0 Å². The highest BCUT2D eigenvalue weighted by Crippen LogP contribution is 2.32. The fourth-order valence-electron chi connectivity index (χ4n) is 3.04. The number of thioether (sulfide) groups is 1. The lowest BCUT2D eigenvalue weighted by Crippen LogP contribution is -2.39. The van der Waals surface area contributed by atoms with Crippen LogP contribution in [0, 0.1) is 0 Å². The Kier molecular flexibility index (Phi) is 5.93. The van der Waals surface area contributed by atoms with Gasteiger partial charge in [0.25, 0.3) is 0 Å². The predicted octanol–water partition coefficient (Wildman–Crippen LogP) is 4.33. The Morgan fingerprint density at radius 3 is 2.70 bits per heavy atom. The van der Waals surface area contributed by atoms with Gasteiger partial charge in [-0.05, 0) is 42.2 Å². The Hall–Kier alpha value is -0.990. The number of aryl methyl sites for hydroxylation is 1. The molecule has 0 saturated carbocycles. The van der Waals surface area contributed by atoms with Crippen LogP contribution in [0.25, 0.3) is 0 Å². The van der Waals surface area contributed by atoms with E-state index in [9.17, 15) is 0 Å². The molecular weight excluding hydrogens is 262 g/mol. The Morgan fingerprint density at radius 1 is 1.30 bits per heavy atom. The lowest BCUT2D eigenvalue weighted by atomic mass is 9.87. The lowest BCUT2D eigenvalue weighted by Gasteiger charge is -2.34. The monoisotopic (exact) mass is 287 g/mol. The van der Waals surface area contributed by atoms with Crippen molar-refractivity contribution in [2.75, 3.05) is 18.8 Å². The Balaban J connectivity index is 2.19. The highest BCUT2D eigenvalue weighted by Gasteiger charge is 2.24. The van der Waals surface area contributed by atoms with E-state index >= 15 is 0 Å². The molecule has 1 aromatic carbocycles. The third-order valence-electron chi connectivity index (χ3n) is 3.96. The molecule has 20 heavy (non-hydrogen) atoms. The van der Waals surface area contributed by atoms with E-state index in [2.05, 4.69) is 43.2 Å². The van der Waals surface area contributed by atoms with E-state index in [-0.39, 0.29) is 0 Å². The fraction of sp³-hybridized carbons (Fsp3) is 0.444. The van der Waals surface area contributed by atoms with Gasteiger partial charge in [-0.2, -0.15) is 0 Å². The first-order valence-electron chi connectivity index (χ1n) is 7.49. The molecule has 108 valence electrons. The minimum absolute atomic E-state index is 0.622. The largest absolute Gasteiger partial charge is 0.293 e. The second-order valence-electron chi connectivity index (χ2n) is 5.25. The van der Waals surface area contributed by atoms with Crippen molar-refractivity contribution in [3.05, 3.63) is 54.6 Å². The summed E-state index contributed by atoms with van der Waals surface area (Å²) in [7, 11) is 0. The summed E-state index contributed by atoms with van der Waals surface area (Å²) in [5.74, 6) is 1.14. The van der Waals surface area contributed by atoms with Gasteiger partial charge in [-0.3, -0.25) is 4.90 Å². The molecule has 1 aliphatic carbocycles. The second kappa shape index (κ2) is 7.70. The maximum atomic E-state index is 3.89. The van der Waals surface area contributed by atoms with Crippen LogP contribution in [0.2, 0.25) is 0 Å². The van der Waals surface area contributed by atoms with Gasteiger partial charge >= 0.3 is 0 Å². The van der Waals surface area contributed by atoms with Gasteiger partial charge in [0.05, 0.1) is 0 Å². The van der Waals surface area contributed by atoms with E-state index < -0.39 is 0 Å². The molecule has 2 rings (SSSR count). The maximum Gasteiger partial charge on any atom is 0.0166 e. The molecule has 1 unspecified atom stereocenters. The molecule has 0 heterocycles. The normalized spacial score (nSPS) is 17.8. The van der Waals surface area contributed by atoms with Crippen molar-refractivity contribution in [1.82, 2.24) is 4.90 Å². The zero-order valence-electron chi connectivity index (χ0n) is 12.5. The molecule has 0 fully saturated rings. The number of fused-ring (bicyclic) bond motifs is 1. The van der Waals surface area contributed by atoms with Crippen LogP contribution < -0.4 is 0 Å². The molecule has 0 radical (unpaired) electrons. The van der Waals surface area contributed by atoms with Crippen molar-refractivity contribution in [1.29, 1.82) is 0 Å². The van der Waals surface area contributed by atoms with Crippen molar-refractivity contribution in [2.24, 2.45) is 0 Å². The van der Waals surface area contributed by atoms with Crippen LogP contribution in [-0.4, -0.2) is 29.8 Å². The van der Waals surface area contributed by atoms with Gasteiger partial charge in [0.1, 0.15) is 0 Å². The number of rotatable bonds is 7. The van der Waals surface area contributed by atoms with Crippen molar-refractivity contribution >= 4 is 11.8 Å². The van der Waals surface area contributed by atoms with E-state index in [1.807, 2.05) is 23.9 Å². The average molecular weight is 287 g/mol. The zero-order valence-corrected chi connectivity index (χ0v) is 13.3. The van der Waals surface area contributed by atoms with Crippen molar-refractivity contribution < 1.29 is 0 Å². The van der Waals surface area contributed by atoms with Crippen LogP contribution in [0.1, 0.15) is 24.5 Å². The minimum atomic E-state index is 0.622. The molecule has 0 aromatic heterocycles. The summed E-state index contributed by atoms with van der Waals surface area (Å²) >= 11 is 1.97. The van der Waals surface area contributed by atoms with Crippen LogP contribution in [0.5, 0.6) is 0 Å². The number of nitrogens with zero attached hydrogens (tertiary/aromatic N) is 1. The molecule has 0 bridgehead atoms. The third-order valence-corrected chi connectivity index (χ3v) is 4.94. The first kappa shape index (κ1) is 15.4. The summed E-state index contributed by atoms with van der Waals surface area (Å²) in [6.45, 7) is 11.9. The SMILES string of the molecule is C=CCN(CC=C)C1CCc2cccc(SCC)c2C1. The molecule has 0 saturated heterocycles. The van der Waals surface area contributed by atoms with Crippen LogP contribution >= 0.6 is 11.8 Å². The Bertz CT molecular complexity index is 456. The van der Waals surface area contributed by atoms with Gasteiger partial charge in [0, 0.05) is 24.0 Å². The standard InChI is InChI=1S/C18H25NS/c1-4-12-19(13-5-2)16-11-10-15-8-7-9-18(20-6-3)17(15)14-16/h4-5,7-9,16H,1-2,6,10-14H2,3H3. The van der Waals surface area contributed by atoms with Crippen LogP contribution in [0.3, 0.4) is 0 Å². The number of benzene rings is 1. The van der Waals surface area contributed by atoms with Crippen LogP contribution in [-0.2, 0) is 12.8 Å². The van der Waals surface area contributed by atoms with E-state index in [0.29, 0.717) is 6.04 Å². The maximum absolute atomic E-state index is 3.89. The third kappa shape index (κ3) is 3.56. The molecule has 2 heteroatoms. The summed E-state index contributed by atoms with van der Waals surface area (Å²) in [4.78, 5) is 3.97. The van der Waals surface area contributed by atoms with E-state index in [0.717, 1.165) is 18.8 Å². The quantitative estimate of drug-likeness (QED) is 0.542. The molecular formula is C18H25NS. The molecule has 0 N–H and O–H groups in total. The summed E-state index contributed by atoms with van der Waals surface area (Å²) < 4.78 is 0. The van der Waals surface area contributed by atoms with Crippen molar-refractivity contribution in [3.8, 4) is 0 Å². The van der Waals surface area contributed by atoms with Gasteiger partial charge in [0.2, 0.25) is 0 Å². The molecule has 1 atom stereocenters. The minimum Gasteiger partial charge on any atom is -0.293 e. The summed E-state index contributed by atoms with van der Waals surface area (Å²) in [6, 6.07) is 7.41. The van der Waals surface area contributed by atoms with Gasteiger partial charge in [-0.15, -0.1) is 24.9 Å². The number of hydrogen-bond acceptors (Lipinski definition) is 2. The van der Waals surface area contributed by atoms with Crippen LogP contribution in [0.4, 0.5) is 0 Å². The van der Waals surface area contributed by atoms with Crippen molar-refractivity contribution in [3.63, 3.8) is 0 Å².